The monoisotopic (exact) mass is 252 g/mol. The van der Waals surface area contributed by atoms with Crippen LogP contribution in [-0.4, -0.2) is 31.4 Å². The van der Waals surface area contributed by atoms with Crippen LogP contribution in [0.1, 0.15) is 12.0 Å². The third-order valence-corrected chi connectivity index (χ3v) is 2.83. The van der Waals surface area contributed by atoms with Crippen molar-refractivity contribution >= 4 is 6.09 Å². The van der Waals surface area contributed by atoms with Gasteiger partial charge in [0.05, 0.1) is 0 Å². The van der Waals surface area contributed by atoms with Gasteiger partial charge in [0.1, 0.15) is 12.8 Å². The van der Waals surface area contributed by atoms with Gasteiger partial charge in [0.2, 0.25) is 0 Å². The van der Waals surface area contributed by atoms with Crippen molar-refractivity contribution in [1.29, 1.82) is 0 Å². The van der Waals surface area contributed by atoms with Gasteiger partial charge in [-0.1, -0.05) is 30.3 Å². The first-order valence-corrected chi connectivity index (χ1v) is 6.06. The average Bonchev–Trinajstić information content (AvgIpc) is 2.38. The molecule has 1 heterocycles. The summed E-state index contributed by atoms with van der Waals surface area (Å²) in [6.07, 6.45) is -1.06. The molecular weight excluding hydrogens is 235 g/mol. The van der Waals surface area contributed by atoms with E-state index in [0.717, 1.165) is 5.56 Å². The predicted octanol–water partition coefficient (Wildman–Crippen LogP) is 1.61. The first kappa shape index (κ1) is 12.8. The molecule has 2 rings (SSSR count). The van der Waals surface area contributed by atoms with Crippen molar-refractivity contribution in [2.45, 2.75) is 25.2 Å². The fraction of sp³-hybridized carbons (Fsp3) is 0.462. The molecule has 1 aliphatic rings. The second-order valence-electron chi connectivity index (χ2n) is 4.39. The van der Waals surface area contributed by atoms with E-state index >= 15 is 0 Å². The van der Waals surface area contributed by atoms with Crippen molar-refractivity contribution in [3.05, 3.63) is 35.9 Å². The molecule has 1 aromatic rings. The zero-order valence-corrected chi connectivity index (χ0v) is 10.1. The molecule has 0 unspecified atom stereocenters. The van der Waals surface area contributed by atoms with Crippen LogP contribution in [0.2, 0.25) is 0 Å². The van der Waals surface area contributed by atoms with Crippen LogP contribution >= 0.6 is 0 Å². The van der Waals surface area contributed by atoms with Gasteiger partial charge in [-0.25, -0.2) is 9.18 Å². The highest BCUT2D eigenvalue weighted by Gasteiger charge is 2.22. The molecule has 18 heavy (non-hydrogen) atoms. The van der Waals surface area contributed by atoms with Crippen molar-refractivity contribution in [3.8, 4) is 0 Å². The minimum absolute atomic E-state index is 0.197. The molecule has 0 aromatic heterocycles. The molecule has 1 aliphatic heterocycles. The van der Waals surface area contributed by atoms with Crippen LogP contribution in [0.25, 0.3) is 0 Å². The molecule has 2 N–H and O–H groups in total. The van der Waals surface area contributed by atoms with E-state index in [1.165, 1.54) is 0 Å². The number of hydrogen-bond donors (Lipinski definition) is 2. The highest BCUT2D eigenvalue weighted by atomic mass is 19.1. The zero-order valence-electron chi connectivity index (χ0n) is 10.1. The molecular formula is C13H17FN2O2. The molecule has 0 spiro atoms. The summed E-state index contributed by atoms with van der Waals surface area (Å²) in [6, 6.07) is 9.24. The van der Waals surface area contributed by atoms with Crippen LogP contribution in [0, 0.1) is 0 Å². The number of alkyl halides is 1. The summed E-state index contributed by atoms with van der Waals surface area (Å²) in [4.78, 5) is 11.5. The van der Waals surface area contributed by atoms with Gasteiger partial charge in [-0.15, -0.1) is 0 Å². The summed E-state index contributed by atoms with van der Waals surface area (Å²) in [6.45, 7) is 1.17. The van der Waals surface area contributed by atoms with E-state index in [0.29, 0.717) is 19.5 Å². The maximum absolute atomic E-state index is 13.1. The number of carbonyl (C=O) groups is 1. The van der Waals surface area contributed by atoms with E-state index in [4.69, 9.17) is 4.74 Å². The Bertz CT molecular complexity index is 386. The molecule has 2 atom stereocenters. The van der Waals surface area contributed by atoms with Gasteiger partial charge in [-0.3, -0.25) is 0 Å². The summed E-state index contributed by atoms with van der Waals surface area (Å²) in [5, 5.41) is 5.57. The standard InChI is InChI=1S/C13H17FN2O2/c14-11-6-12(8-15-7-11)16-13(17)18-9-10-4-2-1-3-5-10/h1-5,11-12,15H,6-9H2,(H,16,17)/t11-,12+/m0/s1. The molecule has 0 radical (unpaired) electrons. The number of carbonyl (C=O) groups excluding carboxylic acids is 1. The van der Waals surface area contributed by atoms with Gasteiger partial charge in [0.15, 0.2) is 0 Å². The quantitative estimate of drug-likeness (QED) is 0.859. The lowest BCUT2D eigenvalue weighted by Crippen LogP contribution is -2.49. The molecule has 0 aliphatic carbocycles. The second-order valence-corrected chi connectivity index (χ2v) is 4.39. The Hall–Kier alpha value is -1.62. The van der Waals surface area contributed by atoms with Gasteiger partial charge in [0, 0.05) is 25.6 Å². The van der Waals surface area contributed by atoms with Crippen LogP contribution in [0.5, 0.6) is 0 Å². The Morgan fingerprint density at radius 3 is 2.89 bits per heavy atom. The van der Waals surface area contributed by atoms with Crippen LogP contribution < -0.4 is 10.6 Å². The summed E-state index contributed by atoms with van der Waals surface area (Å²) in [7, 11) is 0. The molecule has 98 valence electrons. The highest BCUT2D eigenvalue weighted by Crippen LogP contribution is 2.07. The van der Waals surface area contributed by atoms with Crippen molar-refractivity contribution < 1.29 is 13.9 Å². The molecule has 1 amide bonds. The van der Waals surface area contributed by atoms with E-state index in [1.54, 1.807) is 0 Å². The lowest BCUT2D eigenvalue weighted by atomic mass is 10.1. The van der Waals surface area contributed by atoms with Crippen molar-refractivity contribution in [2.75, 3.05) is 13.1 Å². The van der Waals surface area contributed by atoms with Crippen molar-refractivity contribution in [2.24, 2.45) is 0 Å². The van der Waals surface area contributed by atoms with Crippen molar-refractivity contribution in [3.63, 3.8) is 0 Å². The Balaban J connectivity index is 1.72. The van der Waals surface area contributed by atoms with Crippen LogP contribution in [0.4, 0.5) is 9.18 Å². The first-order valence-electron chi connectivity index (χ1n) is 6.06. The number of alkyl carbamates (subject to hydrolysis) is 1. The Morgan fingerprint density at radius 2 is 2.17 bits per heavy atom. The zero-order chi connectivity index (χ0) is 12.8. The van der Waals surface area contributed by atoms with Crippen LogP contribution in [-0.2, 0) is 11.3 Å². The van der Waals surface area contributed by atoms with Gasteiger partial charge in [0.25, 0.3) is 0 Å². The molecule has 0 bridgehead atoms. The van der Waals surface area contributed by atoms with E-state index in [2.05, 4.69) is 10.6 Å². The fourth-order valence-electron chi connectivity index (χ4n) is 1.93. The summed E-state index contributed by atoms with van der Waals surface area (Å²) in [5.41, 5.74) is 0.929. The highest BCUT2D eigenvalue weighted by molar-refractivity contribution is 5.67. The Morgan fingerprint density at radius 1 is 1.39 bits per heavy atom. The molecule has 4 nitrogen and oxygen atoms in total. The van der Waals surface area contributed by atoms with E-state index in [9.17, 15) is 9.18 Å². The summed E-state index contributed by atoms with van der Waals surface area (Å²) < 4.78 is 18.1. The number of nitrogens with one attached hydrogen (secondary N) is 2. The smallest absolute Gasteiger partial charge is 0.407 e. The number of rotatable bonds is 3. The number of amides is 1. The molecule has 5 heteroatoms. The first-order chi connectivity index (χ1) is 8.74. The lowest BCUT2D eigenvalue weighted by Gasteiger charge is -2.26. The number of hydrogen-bond acceptors (Lipinski definition) is 3. The molecule has 1 aromatic carbocycles. The topological polar surface area (TPSA) is 50.4 Å². The number of halogens is 1. The van der Waals surface area contributed by atoms with Gasteiger partial charge < -0.3 is 15.4 Å². The maximum atomic E-state index is 13.1. The lowest BCUT2D eigenvalue weighted by molar-refractivity contribution is 0.129. The van der Waals surface area contributed by atoms with Gasteiger partial charge in [-0.2, -0.15) is 0 Å². The van der Waals surface area contributed by atoms with E-state index in [-0.39, 0.29) is 12.6 Å². The predicted molar refractivity (Wildman–Crippen MR) is 65.9 cm³/mol. The second kappa shape index (κ2) is 6.35. The van der Waals surface area contributed by atoms with E-state index < -0.39 is 12.3 Å². The SMILES string of the molecule is O=C(N[C@H]1CNC[C@@H](F)C1)OCc1ccccc1. The number of ether oxygens (including phenoxy) is 1. The van der Waals surface area contributed by atoms with Crippen molar-refractivity contribution in [1.82, 2.24) is 10.6 Å². The minimum Gasteiger partial charge on any atom is -0.445 e. The van der Waals surface area contributed by atoms with Gasteiger partial charge >= 0.3 is 6.09 Å². The minimum atomic E-state index is -0.904. The fourth-order valence-corrected chi connectivity index (χ4v) is 1.93. The molecule has 1 fully saturated rings. The molecule has 0 saturated carbocycles. The maximum Gasteiger partial charge on any atom is 0.407 e. The number of benzene rings is 1. The van der Waals surface area contributed by atoms with E-state index in [1.807, 2.05) is 30.3 Å². The Kier molecular flexibility index (Phi) is 4.52. The summed E-state index contributed by atoms with van der Waals surface area (Å²) in [5.74, 6) is 0. The largest absolute Gasteiger partial charge is 0.445 e. The van der Waals surface area contributed by atoms with Gasteiger partial charge in [-0.05, 0) is 5.56 Å². The van der Waals surface area contributed by atoms with Crippen LogP contribution in [0.3, 0.4) is 0 Å². The number of piperidine rings is 1. The normalized spacial score (nSPS) is 23.4. The van der Waals surface area contributed by atoms with Crippen LogP contribution in [0.15, 0.2) is 30.3 Å². The average molecular weight is 252 g/mol. The third-order valence-electron chi connectivity index (χ3n) is 2.83. The Labute approximate surface area is 106 Å². The molecule has 1 saturated heterocycles. The summed E-state index contributed by atoms with van der Waals surface area (Å²) >= 11 is 0. The third kappa shape index (κ3) is 4.00.